The summed E-state index contributed by atoms with van der Waals surface area (Å²) in [5.74, 6) is 0.905. The van der Waals surface area contributed by atoms with Crippen molar-refractivity contribution in [2.24, 2.45) is 5.92 Å². The highest BCUT2D eigenvalue weighted by Crippen LogP contribution is 2.21. The van der Waals surface area contributed by atoms with Crippen LogP contribution in [-0.4, -0.2) is 49.6 Å². The van der Waals surface area contributed by atoms with E-state index in [1.165, 1.54) is 0 Å². The summed E-state index contributed by atoms with van der Waals surface area (Å²) in [4.78, 5) is 21.7. The summed E-state index contributed by atoms with van der Waals surface area (Å²) in [6.07, 6.45) is 6.09. The van der Waals surface area contributed by atoms with Crippen molar-refractivity contribution < 1.29 is 13.7 Å². The summed E-state index contributed by atoms with van der Waals surface area (Å²) in [6, 6.07) is 0. The van der Waals surface area contributed by atoms with E-state index < -0.39 is 16.4 Å². The Labute approximate surface area is 133 Å². The smallest absolute Gasteiger partial charge is 0.410 e. The van der Waals surface area contributed by atoms with E-state index >= 15 is 0 Å². The number of carbonyl (C=O) groups excluding carboxylic acids is 1. The van der Waals surface area contributed by atoms with Gasteiger partial charge >= 0.3 is 6.09 Å². The summed E-state index contributed by atoms with van der Waals surface area (Å²) < 4.78 is 17.6. The van der Waals surface area contributed by atoms with Gasteiger partial charge in [0, 0.05) is 31.2 Å². The average molecular weight is 325 g/mol. The molecule has 7 heteroatoms. The van der Waals surface area contributed by atoms with Crippen LogP contribution in [0.1, 0.15) is 33.6 Å². The lowest BCUT2D eigenvalue weighted by atomic mass is 9.99. The SMILES string of the molecule is CC(C)(C)OC(=O)N1CCC(CS(=O)c2cnccn2)CC1. The molecule has 0 aromatic carbocycles. The molecule has 1 unspecified atom stereocenters. The highest BCUT2D eigenvalue weighted by atomic mass is 32.2. The first-order chi connectivity index (χ1) is 10.3. The van der Waals surface area contributed by atoms with E-state index in [1.807, 2.05) is 20.8 Å². The third-order valence-electron chi connectivity index (χ3n) is 3.43. The van der Waals surface area contributed by atoms with E-state index in [0.29, 0.717) is 29.8 Å². The third kappa shape index (κ3) is 5.05. The Kier molecular flexibility index (Phi) is 5.50. The second kappa shape index (κ2) is 7.17. The van der Waals surface area contributed by atoms with E-state index in [1.54, 1.807) is 23.5 Å². The van der Waals surface area contributed by atoms with Crippen LogP contribution in [0.15, 0.2) is 23.6 Å². The molecule has 1 amide bonds. The van der Waals surface area contributed by atoms with Crippen LogP contribution in [0.2, 0.25) is 0 Å². The zero-order valence-corrected chi connectivity index (χ0v) is 14.1. The van der Waals surface area contributed by atoms with Crippen molar-refractivity contribution in [3.8, 4) is 0 Å². The Hall–Kier alpha value is -1.50. The van der Waals surface area contributed by atoms with Gasteiger partial charge in [-0.05, 0) is 39.5 Å². The van der Waals surface area contributed by atoms with E-state index in [9.17, 15) is 9.00 Å². The molecular formula is C15H23N3O3S. The van der Waals surface area contributed by atoms with Gasteiger partial charge in [-0.3, -0.25) is 9.19 Å². The van der Waals surface area contributed by atoms with Crippen molar-refractivity contribution in [2.75, 3.05) is 18.8 Å². The van der Waals surface area contributed by atoms with Crippen molar-refractivity contribution in [1.82, 2.24) is 14.9 Å². The highest BCUT2D eigenvalue weighted by Gasteiger charge is 2.27. The maximum atomic E-state index is 12.2. The van der Waals surface area contributed by atoms with Crippen molar-refractivity contribution in [3.05, 3.63) is 18.6 Å². The quantitative estimate of drug-likeness (QED) is 0.852. The summed E-state index contributed by atoms with van der Waals surface area (Å²) in [7, 11) is -1.13. The standard InChI is InChI=1S/C15H23N3O3S/c1-15(2,3)21-14(19)18-8-4-12(5-9-18)11-22(20)13-10-16-6-7-17-13/h6-7,10,12H,4-5,8-9,11H2,1-3H3. The maximum Gasteiger partial charge on any atom is 0.410 e. The zero-order chi connectivity index (χ0) is 16.2. The van der Waals surface area contributed by atoms with Gasteiger partial charge in [0.2, 0.25) is 0 Å². The lowest BCUT2D eigenvalue weighted by molar-refractivity contribution is 0.0191. The molecule has 1 aliphatic heterocycles. The van der Waals surface area contributed by atoms with Crippen LogP contribution < -0.4 is 0 Å². The molecule has 0 radical (unpaired) electrons. The molecule has 0 saturated carbocycles. The molecule has 1 fully saturated rings. The average Bonchev–Trinajstić information content (AvgIpc) is 2.47. The minimum absolute atomic E-state index is 0.263. The molecule has 122 valence electrons. The fraction of sp³-hybridized carbons (Fsp3) is 0.667. The molecule has 1 aliphatic rings. The normalized spacial score (nSPS) is 18.0. The number of carbonyl (C=O) groups is 1. The van der Waals surface area contributed by atoms with Crippen molar-refractivity contribution >= 4 is 16.9 Å². The number of hydrogen-bond acceptors (Lipinski definition) is 5. The molecule has 2 rings (SSSR count). The monoisotopic (exact) mass is 325 g/mol. The molecule has 1 atom stereocenters. The molecule has 2 heterocycles. The minimum atomic E-state index is -1.13. The molecule has 0 spiro atoms. The number of likely N-dealkylation sites (tertiary alicyclic amines) is 1. The second-order valence-corrected chi connectivity index (χ2v) is 7.91. The second-order valence-electron chi connectivity index (χ2n) is 6.47. The molecule has 0 aliphatic carbocycles. The minimum Gasteiger partial charge on any atom is -0.444 e. The first-order valence-electron chi connectivity index (χ1n) is 7.47. The van der Waals surface area contributed by atoms with Crippen LogP contribution in [-0.2, 0) is 15.5 Å². The number of aromatic nitrogens is 2. The van der Waals surface area contributed by atoms with Crippen LogP contribution in [0.5, 0.6) is 0 Å². The van der Waals surface area contributed by atoms with Crippen LogP contribution in [0.3, 0.4) is 0 Å². The van der Waals surface area contributed by atoms with Crippen molar-refractivity contribution in [2.45, 2.75) is 44.2 Å². The maximum absolute atomic E-state index is 12.2. The van der Waals surface area contributed by atoms with Gasteiger partial charge in [-0.25, -0.2) is 9.78 Å². The molecule has 1 saturated heterocycles. The lowest BCUT2D eigenvalue weighted by Crippen LogP contribution is -2.42. The van der Waals surface area contributed by atoms with Crippen LogP contribution in [0.4, 0.5) is 4.79 Å². The number of nitrogens with zero attached hydrogens (tertiary/aromatic N) is 3. The predicted molar refractivity (Wildman–Crippen MR) is 83.8 cm³/mol. The molecule has 1 aromatic rings. The Morgan fingerprint density at radius 2 is 2.05 bits per heavy atom. The Balaban J connectivity index is 1.80. The van der Waals surface area contributed by atoms with Gasteiger partial charge < -0.3 is 9.64 Å². The highest BCUT2D eigenvalue weighted by molar-refractivity contribution is 7.84. The van der Waals surface area contributed by atoms with E-state index in [0.717, 1.165) is 12.8 Å². The summed E-state index contributed by atoms with van der Waals surface area (Å²) >= 11 is 0. The van der Waals surface area contributed by atoms with E-state index in [2.05, 4.69) is 9.97 Å². The van der Waals surface area contributed by atoms with Crippen LogP contribution in [0.25, 0.3) is 0 Å². The molecule has 0 bridgehead atoms. The van der Waals surface area contributed by atoms with Gasteiger partial charge in [0.1, 0.15) is 10.6 Å². The first-order valence-corrected chi connectivity index (χ1v) is 8.79. The van der Waals surface area contributed by atoms with Crippen molar-refractivity contribution in [3.63, 3.8) is 0 Å². The number of amides is 1. The molecular weight excluding hydrogens is 302 g/mol. The van der Waals surface area contributed by atoms with Gasteiger partial charge in [-0.2, -0.15) is 0 Å². The fourth-order valence-electron chi connectivity index (χ4n) is 2.31. The topological polar surface area (TPSA) is 72.4 Å². The molecule has 6 nitrogen and oxygen atoms in total. The van der Waals surface area contributed by atoms with Gasteiger partial charge in [-0.15, -0.1) is 0 Å². The zero-order valence-electron chi connectivity index (χ0n) is 13.3. The third-order valence-corrected chi connectivity index (χ3v) is 4.88. The van der Waals surface area contributed by atoms with Gasteiger partial charge in [-0.1, -0.05) is 0 Å². The molecule has 22 heavy (non-hydrogen) atoms. The van der Waals surface area contributed by atoms with Crippen LogP contribution in [0, 0.1) is 5.92 Å². The Morgan fingerprint density at radius 1 is 1.36 bits per heavy atom. The van der Waals surface area contributed by atoms with Gasteiger partial charge in [0.25, 0.3) is 0 Å². The predicted octanol–water partition coefficient (Wildman–Crippen LogP) is 2.23. The van der Waals surface area contributed by atoms with Crippen LogP contribution >= 0.6 is 0 Å². The van der Waals surface area contributed by atoms with Gasteiger partial charge in [0.05, 0.1) is 17.0 Å². The number of piperidine rings is 1. The van der Waals surface area contributed by atoms with Crippen molar-refractivity contribution in [1.29, 1.82) is 0 Å². The Bertz CT molecular complexity index is 523. The van der Waals surface area contributed by atoms with E-state index in [-0.39, 0.29) is 6.09 Å². The molecule has 1 aromatic heterocycles. The molecule has 0 N–H and O–H groups in total. The fourth-order valence-corrected chi connectivity index (χ4v) is 3.60. The number of rotatable bonds is 3. The number of ether oxygens (including phenoxy) is 1. The van der Waals surface area contributed by atoms with E-state index in [4.69, 9.17) is 4.74 Å². The summed E-state index contributed by atoms with van der Waals surface area (Å²) in [5.41, 5.74) is -0.471. The Morgan fingerprint density at radius 3 is 2.59 bits per heavy atom. The largest absolute Gasteiger partial charge is 0.444 e. The first kappa shape index (κ1) is 16.9. The lowest BCUT2D eigenvalue weighted by Gasteiger charge is -2.33. The number of hydrogen-bond donors (Lipinski definition) is 0. The van der Waals surface area contributed by atoms with Gasteiger partial charge in [0.15, 0.2) is 0 Å². The summed E-state index contributed by atoms with van der Waals surface area (Å²) in [6.45, 7) is 6.89. The summed E-state index contributed by atoms with van der Waals surface area (Å²) in [5, 5.41) is 0.525.